The minimum Gasteiger partial charge on any atom is -0.334 e. The van der Waals surface area contributed by atoms with Crippen molar-refractivity contribution in [1.82, 2.24) is 10.1 Å². The maximum atomic E-state index is 6.31. The van der Waals surface area contributed by atoms with Gasteiger partial charge in [-0.05, 0) is 31.0 Å². The molecular formula is C13H13BrClN3O. The second-order valence-corrected chi connectivity index (χ2v) is 6.30. The Morgan fingerprint density at radius 3 is 2.68 bits per heavy atom. The van der Waals surface area contributed by atoms with Crippen LogP contribution in [0, 0.1) is 0 Å². The maximum Gasteiger partial charge on any atom is 0.258 e. The Hall–Kier alpha value is -0.910. The van der Waals surface area contributed by atoms with Gasteiger partial charge in [0, 0.05) is 15.1 Å². The molecule has 2 aromatic rings. The summed E-state index contributed by atoms with van der Waals surface area (Å²) in [6, 6.07) is 5.49. The number of benzene rings is 1. The second-order valence-electron chi connectivity index (χ2n) is 4.94. The first-order valence-corrected chi connectivity index (χ1v) is 7.33. The maximum absolute atomic E-state index is 6.31. The summed E-state index contributed by atoms with van der Waals surface area (Å²) in [4.78, 5) is 4.43. The van der Waals surface area contributed by atoms with E-state index in [1.807, 2.05) is 12.1 Å². The molecule has 0 saturated heterocycles. The lowest BCUT2D eigenvalue weighted by atomic mass is 9.99. The summed E-state index contributed by atoms with van der Waals surface area (Å²) in [5.41, 5.74) is 6.67. The van der Waals surface area contributed by atoms with Crippen LogP contribution in [0.1, 0.15) is 31.5 Å². The molecule has 0 spiro atoms. The van der Waals surface area contributed by atoms with Gasteiger partial charge in [-0.25, -0.2) is 0 Å². The third kappa shape index (κ3) is 2.55. The Balaban J connectivity index is 1.96. The van der Waals surface area contributed by atoms with Crippen LogP contribution >= 0.6 is 27.5 Å². The van der Waals surface area contributed by atoms with Crippen molar-refractivity contribution in [2.45, 2.75) is 31.2 Å². The molecule has 1 aromatic heterocycles. The van der Waals surface area contributed by atoms with Crippen molar-refractivity contribution < 1.29 is 4.52 Å². The Kier molecular flexibility index (Phi) is 3.37. The van der Waals surface area contributed by atoms with E-state index in [0.29, 0.717) is 16.7 Å². The van der Waals surface area contributed by atoms with Crippen molar-refractivity contribution >= 4 is 27.5 Å². The topological polar surface area (TPSA) is 64.9 Å². The summed E-state index contributed by atoms with van der Waals surface area (Å²) >= 11 is 9.41. The molecule has 1 aliphatic rings. The van der Waals surface area contributed by atoms with Crippen LogP contribution in [0.4, 0.5) is 0 Å². The molecule has 0 atom stereocenters. The van der Waals surface area contributed by atoms with Gasteiger partial charge in [0.15, 0.2) is 5.82 Å². The molecule has 3 rings (SSSR count). The fourth-order valence-corrected chi connectivity index (χ4v) is 3.31. The van der Waals surface area contributed by atoms with E-state index in [9.17, 15) is 0 Å². The Morgan fingerprint density at radius 1 is 1.26 bits per heavy atom. The Bertz CT molecular complexity index is 587. The van der Waals surface area contributed by atoms with Gasteiger partial charge >= 0.3 is 0 Å². The van der Waals surface area contributed by atoms with E-state index in [0.717, 1.165) is 35.7 Å². The smallest absolute Gasteiger partial charge is 0.258 e. The quantitative estimate of drug-likeness (QED) is 0.899. The van der Waals surface area contributed by atoms with Crippen molar-refractivity contribution in [3.05, 3.63) is 33.5 Å². The SMILES string of the molecule is NC1(c2noc(-c3cc(Cl)cc(Br)c3)n2)CCCC1. The lowest BCUT2D eigenvalue weighted by Crippen LogP contribution is -2.34. The van der Waals surface area contributed by atoms with E-state index in [-0.39, 0.29) is 0 Å². The van der Waals surface area contributed by atoms with Crippen LogP contribution in [0.3, 0.4) is 0 Å². The van der Waals surface area contributed by atoms with Gasteiger partial charge in [0.25, 0.3) is 5.89 Å². The summed E-state index contributed by atoms with van der Waals surface area (Å²) < 4.78 is 6.19. The molecule has 2 N–H and O–H groups in total. The van der Waals surface area contributed by atoms with Gasteiger partial charge in [-0.3, -0.25) is 0 Å². The molecule has 0 bridgehead atoms. The molecule has 1 aliphatic carbocycles. The van der Waals surface area contributed by atoms with Crippen molar-refractivity contribution in [2.75, 3.05) is 0 Å². The zero-order valence-corrected chi connectivity index (χ0v) is 12.5. The van der Waals surface area contributed by atoms with Crippen LogP contribution in [0.2, 0.25) is 5.02 Å². The molecule has 1 heterocycles. The highest BCUT2D eigenvalue weighted by molar-refractivity contribution is 9.10. The van der Waals surface area contributed by atoms with Crippen LogP contribution in [-0.2, 0) is 5.54 Å². The molecule has 1 saturated carbocycles. The average Bonchev–Trinajstić information content (AvgIpc) is 2.96. The minimum atomic E-state index is -0.433. The molecule has 0 radical (unpaired) electrons. The molecule has 0 amide bonds. The van der Waals surface area contributed by atoms with Crippen LogP contribution in [0.25, 0.3) is 11.5 Å². The third-order valence-corrected chi connectivity index (χ3v) is 4.15. The molecule has 1 aromatic carbocycles. The molecule has 1 fully saturated rings. The molecule has 100 valence electrons. The van der Waals surface area contributed by atoms with Crippen molar-refractivity contribution in [1.29, 1.82) is 0 Å². The Morgan fingerprint density at radius 2 is 2.00 bits per heavy atom. The van der Waals surface area contributed by atoms with E-state index in [1.54, 1.807) is 6.07 Å². The van der Waals surface area contributed by atoms with E-state index >= 15 is 0 Å². The van der Waals surface area contributed by atoms with Gasteiger partial charge in [-0.15, -0.1) is 0 Å². The standard InChI is InChI=1S/C13H13BrClN3O/c14-9-5-8(6-10(15)7-9)11-17-12(18-19-11)13(16)3-1-2-4-13/h5-7H,1-4,16H2. The van der Waals surface area contributed by atoms with Crippen LogP contribution in [-0.4, -0.2) is 10.1 Å². The molecule has 19 heavy (non-hydrogen) atoms. The number of rotatable bonds is 2. The van der Waals surface area contributed by atoms with Gasteiger partial charge in [0.1, 0.15) is 0 Å². The zero-order chi connectivity index (χ0) is 13.5. The molecule has 0 unspecified atom stereocenters. The van der Waals surface area contributed by atoms with Gasteiger partial charge < -0.3 is 10.3 Å². The van der Waals surface area contributed by atoms with Crippen molar-refractivity contribution in [2.24, 2.45) is 5.73 Å². The first-order valence-electron chi connectivity index (χ1n) is 6.16. The van der Waals surface area contributed by atoms with Crippen LogP contribution in [0.15, 0.2) is 27.2 Å². The first-order chi connectivity index (χ1) is 9.07. The first kappa shape index (κ1) is 13.1. The third-order valence-electron chi connectivity index (χ3n) is 3.48. The lowest BCUT2D eigenvalue weighted by Gasteiger charge is -2.17. The summed E-state index contributed by atoms with van der Waals surface area (Å²) in [6.45, 7) is 0. The fourth-order valence-electron chi connectivity index (χ4n) is 2.45. The van der Waals surface area contributed by atoms with Crippen molar-refractivity contribution in [3.8, 4) is 11.5 Å². The zero-order valence-electron chi connectivity index (χ0n) is 10.2. The number of halogens is 2. The average molecular weight is 343 g/mol. The van der Waals surface area contributed by atoms with Gasteiger partial charge in [-0.1, -0.05) is 45.5 Å². The van der Waals surface area contributed by atoms with E-state index in [2.05, 4.69) is 26.1 Å². The number of nitrogens with zero attached hydrogens (tertiary/aromatic N) is 2. The molecule has 4 nitrogen and oxygen atoms in total. The van der Waals surface area contributed by atoms with Crippen LogP contribution < -0.4 is 5.73 Å². The van der Waals surface area contributed by atoms with E-state index in [1.165, 1.54) is 0 Å². The van der Waals surface area contributed by atoms with Crippen molar-refractivity contribution in [3.63, 3.8) is 0 Å². The van der Waals surface area contributed by atoms with E-state index in [4.69, 9.17) is 21.9 Å². The number of aromatic nitrogens is 2. The predicted molar refractivity (Wildman–Crippen MR) is 76.8 cm³/mol. The lowest BCUT2D eigenvalue weighted by molar-refractivity contribution is 0.372. The normalized spacial score (nSPS) is 17.8. The highest BCUT2D eigenvalue weighted by Gasteiger charge is 2.36. The highest BCUT2D eigenvalue weighted by atomic mass is 79.9. The summed E-state index contributed by atoms with van der Waals surface area (Å²) in [6.07, 6.45) is 4.04. The van der Waals surface area contributed by atoms with Gasteiger partial charge in [0.2, 0.25) is 0 Å². The van der Waals surface area contributed by atoms with Crippen LogP contribution in [0.5, 0.6) is 0 Å². The van der Waals surface area contributed by atoms with Gasteiger partial charge in [-0.2, -0.15) is 4.98 Å². The number of hydrogen-bond donors (Lipinski definition) is 1. The largest absolute Gasteiger partial charge is 0.334 e. The fraction of sp³-hybridized carbons (Fsp3) is 0.385. The molecule has 0 aliphatic heterocycles. The summed E-state index contributed by atoms with van der Waals surface area (Å²) in [7, 11) is 0. The monoisotopic (exact) mass is 341 g/mol. The van der Waals surface area contributed by atoms with E-state index < -0.39 is 5.54 Å². The van der Waals surface area contributed by atoms with Gasteiger partial charge in [0.05, 0.1) is 5.54 Å². The second kappa shape index (κ2) is 4.89. The number of nitrogens with two attached hydrogens (primary N) is 1. The molecular weight excluding hydrogens is 330 g/mol. The molecule has 6 heteroatoms. The predicted octanol–water partition coefficient (Wildman–Crippen LogP) is 3.88. The Labute approximate surface area is 124 Å². The minimum absolute atomic E-state index is 0.433. The summed E-state index contributed by atoms with van der Waals surface area (Å²) in [5.74, 6) is 1.05. The highest BCUT2D eigenvalue weighted by Crippen LogP contribution is 2.36. The number of hydrogen-bond acceptors (Lipinski definition) is 4. The summed E-state index contributed by atoms with van der Waals surface area (Å²) in [5, 5.41) is 4.65.